The lowest BCUT2D eigenvalue weighted by molar-refractivity contribution is -0.154. The number of hydrogen-bond acceptors (Lipinski definition) is 4. The van der Waals surface area contributed by atoms with E-state index >= 15 is 0 Å². The van der Waals surface area contributed by atoms with Crippen molar-refractivity contribution < 1.29 is 19.1 Å². The zero-order valence-corrected chi connectivity index (χ0v) is 18.7. The molecule has 4 aliphatic heterocycles. The van der Waals surface area contributed by atoms with Crippen LogP contribution in [0.15, 0.2) is 0 Å². The second-order valence-corrected chi connectivity index (χ2v) is 12.4. The Balaban J connectivity index is 1.28. The minimum absolute atomic E-state index is 0.0159. The first-order valence-corrected chi connectivity index (χ1v) is 12.8. The Bertz CT molecular complexity index is 681. The highest BCUT2D eigenvalue weighted by Crippen LogP contribution is 2.66. The molecule has 0 aromatic heterocycles. The Hall–Kier alpha value is -0.740. The van der Waals surface area contributed by atoms with E-state index in [0.717, 1.165) is 0 Å². The number of ketones is 2. The third kappa shape index (κ3) is 1.99. The molecule has 4 heteroatoms. The fourth-order valence-electron chi connectivity index (χ4n) is 10.1. The van der Waals surface area contributed by atoms with Crippen LogP contribution < -0.4 is 0 Å². The van der Waals surface area contributed by atoms with Crippen molar-refractivity contribution in [3.63, 3.8) is 0 Å². The summed E-state index contributed by atoms with van der Waals surface area (Å²) >= 11 is 0. The summed E-state index contributed by atoms with van der Waals surface area (Å²) in [5.74, 6) is 4.22. The molecule has 7 aliphatic rings. The van der Waals surface area contributed by atoms with Crippen molar-refractivity contribution in [2.45, 2.75) is 77.8 Å². The highest BCUT2D eigenvalue weighted by molar-refractivity contribution is 6.02. The van der Waals surface area contributed by atoms with Gasteiger partial charge in [0.15, 0.2) is 0 Å². The molecule has 14 unspecified atom stereocenters. The molecule has 7 fully saturated rings. The van der Waals surface area contributed by atoms with Gasteiger partial charge < -0.3 is 9.47 Å². The van der Waals surface area contributed by atoms with E-state index in [1.807, 2.05) is 0 Å². The zero-order chi connectivity index (χ0) is 20.6. The number of carbonyl (C=O) groups is 2. The molecule has 0 aromatic carbocycles. The van der Waals surface area contributed by atoms with E-state index in [4.69, 9.17) is 9.47 Å². The highest BCUT2D eigenvalue weighted by atomic mass is 16.5. The maximum Gasteiger partial charge on any atom is 0.145 e. The van der Waals surface area contributed by atoms with Crippen LogP contribution in [-0.4, -0.2) is 36.0 Å². The predicted octanol–water partition coefficient (Wildman–Crippen LogP) is 3.76. The third-order valence-corrected chi connectivity index (χ3v) is 11.3. The molecule has 0 aromatic rings. The van der Waals surface area contributed by atoms with E-state index in [1.54, 1.807) is 0 Å². The summed E-state index contributed by atoms with van der Waals surface area (Å²) in [6, 6.07) is 0. The van der Waals surface area contributed by atoms with Crippen LogP contribution in [0.5, 0.6) is 0 Å². The monoisotopic (exact) mass is 412 g/mol. The van der Waals surface area contributed by atoms with E-state index < -0.39 is 0 Å². The van der Waals surface area contributed by atoms with Gasteiger partial charge in [0.1, 0.15) is 11.6 Å². The minimum atomic E-state index is -0.185. The molecule has 3 saturated carbocycles. The number of hydrogen-bond donors (Lipinski definition) is 0. The first-order valence-electron chi connectivity index (χ1n) is 12.8. The summed E-state index contributed by atoms with van der Waals surface area (Å²) in [7, 11) is 0. The lowest BCUT2D eigenvalue weighted by Gasteiger charge is -2.52. The Morgan fingerprint density at radius 3 is 0.967 bits per heavy atom. The van der Waals surface area contributed by atoms with Gasteiger partial charge in [0, 0.05) is 0 Å². The number of rotatable bonds is 0. The van der Waals surface area contributed by atoms with Gasteiger partial charge in [-0.25, -0.2) is 0 Å². The molecule has 0 N–H and O–H groups in total. The summed E-state index contributed by atoms with van der Waals surface area (Å²) in [5, 5.41) is 0. The first-order chi connectivity index (χ1) is 14.4. The maximum absolute atomic E-state index is 14.0. The second-order valence-electron chi connectivity index (χ2n) is 12.4. The standard InChI is InChI=1S/C26H36O4/c1-9-5-6-10(2)14-13(9)23-17-18(24(14)29-23)22(28)20-19(21(17)27)25-15-11(3)7-8-12(4)16(15)26(20)30-25/h9-20,23-26H,5-8H2,1-4H3/t9?,10?,11?,12?,13-,14?,15?,16?,17?,18?,19+,20?,23?,24?,25?,26?/m0/s1. The Labute approximate surface area is 179 Å². The van der Waals surface area contributed by atoms with E-state index in [-0.39, 0.29) is 48.1 Å². The lowest BCUT2D eigenvalue weighted by Crippen LogP contribution is -2.62. The van der Waals surface area contributed by atoms with Crippen molar-refractivity contribution in [1.29, 1.82) is 0 Å². The summed E-state index contributed by atoms with van der Waals surface area (Å²) in [6.07, 6.45) is 4.85. The lowest BCUT2D eigenvalue weighted by atomic mass is 9.48. The van der Waals surface area contributed by atoms with Gasteiger partial charge in [-0.15, -0.1) is 0 Å². The van der Waals surface area contributed by atoms with Gasteiger partial charge in [0.2, 0.25) is 0 Å². The van der Waals surface area contributed by atoms with Gasteiger partial charge >= 0.3 is 0 Å². The topological polar surface area (TPSA) is 52.6 Å². The molecule has 4 nitrogen and oxygen atoms in total. The summed E-state index contributed by atoms with van der Waals surface area (Å²) in [6.45, 7) is 9.38. The van der Waals surface area contributed by atoms with E-state index in [1.165, 1.54) is 25.7 Å². The van der Waals surface area contributed by atoms with E-state index in [2.05, 4.69) is 27.7 Å². The van der Waals surface area contributed by atoms with Crippen LogP contribution in [0.2, 0.25) is 0 Å². The van der Waals surface area contributed by atoms with Crippen LogP contribution in [0.4, 0.5) is 0 Å². The predicted molar refractivity (Wildman–Crippen MR) is 110 cm³/mol. The third-order valence-electron chi connectivity index (χ3n) is 11.3. The van der Waals surface area contributed by atoms with Crippen molar-refractivity contribution in [3.8, 4) is 0 Å². The molecule has 164 valence electrons. The molecule has 4 saturated heterocycles. The highest BCUT2D eigenvalue weighted by Gasteiger charge is 2.75. The fourth-order valence-corrected chi connectivity index (χ4v) is 10.1. The molecule has 0 amide bonds. The molecule has 3 aliphatic carbocycles. The van der Waals surface area contributed by atoms with E-state index in [9.17, 15) is 9.59 Å². The Kier molecular flexibility index (Phi) is 3.75. The molecule has 4 bridgehead atoms. The molecular formula is C26H36O4. The van der Waals surface area contributed by atoms with Gasteiger partial charge in [0.05, 0.1) is 48.1 Å². The summed E-state index contributed by atoms with van der Waals surface area (Å²) in [5.41, 5.74) is 0. The van der Waals surface area contributed by atoms with Gasteiger partial charge in [-0.05, 0) is 47.3 Å². The number of ether oxygens (including phenoxy) is 2. The summed E-state index contributed by atoms with van der Waals surface area (Å²) < 4.78 is 13.2. The minimum Gasteiger partial charge on any atom is -0.373 e. The van der Waals surface area contributed by atoms with Crippen LogP contribution in [0.1, 0.15) is 53.4 Å². The largest absolute Gasteiger partial charge is 0.373 e. The molecule has 30 heavy (non-hydrogen) atoms. The number of Topliss-reactive ketones (excluding diaryl/α,β-unsaturated/α-hetero) is 2. The van der Waals surface area contributed by atoms with Gasteiger partial charge in [-0.1, -0.05) is 53.4 Å². The van der Waals surface area contributed by atoms with Gasteiger partial charge in [0.25, 0.3) is 0 Å². The Morgan fingerprint density at radius 1 is 0.500 bits per heavy atom. The van der Waals surface area contributed by atoms with Crippen LogP contribution in [0.25, 0.3) is 0 Å². The Morgan fingerprint density at radius 2 is 0.733 bits per heavy atom. The molecule has 16 atom stereocenters. The molecule has 0 spiro atoms. The number of fused-ring (bicyclic) bond motifs is 16. The van der Waals surface area contributed by atoms with Crippen LogP contribution in [-0.2, 0) is 19.1 Å². The van der Waals surface area contributed by atoms with Crippen molar-refractivity contribution >= 4 is 11.6 Å². The van der Waals surface area contributed by atoms with Crippen molar-refractivity contribution in [1.82, 2.24) is 0 Å². The zero-order valence-electron chi connectivity index (χ0n) is 18.7. The van der Waals surface area contributed by atoms with Crippen LogP contribution >= 0.6 is 0 Å². The number of carbonyl (C=O) groups excluding carboxylic acids is 2. The average Bonchev–Trinajstić information content (AvgIpc) is 3.47. The fraction of sp³-hybridized carbons (Fsp3) is 0.923. The second kappa shape index (κ2) is 5.98. The molecule has 7 rings (SSSR count). The van der Waals surface area contributed by atoms with Crippen molar-refractivity contribution in [2.24, 2.45) is 71.0 Å². The smallest absolute Gasteiger partial charge is 0.145 e. The molecule has 4 heterocycles. The maximum atomic E-state index is 14.0. The van der Waals surface area contributed by atoms with Gasteiger partial charge in [-0.2, -0.15) is 0 Å². The van der Waals surface area contributed by atoms with Crippen LogP contribution in [0, 0.1) is 71.0 Å². The molecule has 0 radical (unpaired) electrons. The molecular weight excluding hydrogens is 376 g/mol. The van der Waals surface area contributed by atoms with E-state index in [0.29, 0.717) is 58.9 Å². The van der Waals surface area contributed by atoms with Gasteiger partial charge in [-0.3, -0.25) is 9.59 Å². The average molecular weight is 413 g/mol. The summed E-state index contributed by atoms with van der Waals surface area (Å²) in [4.78, 5) is 28.1. The first kappa shape index (κ1) is 18.8. The normalized spacial score (nSPS) is 65.3. The SMILES string of the molecule is CC1CCC(C)C2C1C1OC2[C@H]2C(=O)C3C(C(=O)C12)C1OC3[C@H]2C(C)CCC(C)C12. The van der Waals surface area contributed by atoms with Crippen molar-refractivity contribution in [3.05, 3.63) is 0 Å². The quantitative estimate of drug-likeness (QED) is 0.608. The van der Waals surface area contributed by atoms with Crippen LogP contribution in [0.3, 0.4) is 0 Å². The van der Waals surface area contributed by atoms with Crippen molar-refractivity contribution in [2.75, 3.05) is 0 Å².